The average molecular weight is 201 g/mol. The zero-order chi connectivity index (χ0) is 10.7. The number of hydrogen-bond acceptors (Lipinski definition) is 3. The van der Waals surface area contributed by atoms with E-state index >= 15 is 0 Å². The van der Waals surface area contributed by atoms with Crippen molar-refractivity contribution in [1.29, 1.82) is 0 Å². The molecule has 1 saturated carbocycles. The van der Waals surface area contributed by atoms with E-state index in [-0.39, 0.29) is 5.41 Å². The minimum absolute atomic E-state index is 0.124. The molecule has 0 aliphatic heterocycles. The Balaban J connectivity index is 2.75. The molecule has 1 aliphatic rings. The van der Waals surface area contributed by atoms with Crippen LogP contribution in [-0.2, 0) is 4.74 Å². The summed E-state index contributed by atoms with van der Waals surface area (Å²) < 4.78 is 5.08. The summed E-state index contributed by atoms with van der Waals surface area (Å²) in [7, 11) is 1.63. The third-order valence-electron chi connectivity index (χ3n) is 3.77. The predicted octanol–water partition coefficient (Wildman–Crippen LogP) is 1.29. The van der Waals surface area contributed by atoms with Crippen molar-refractivity contribution in [3.05, 3.63) is 0 Å². The minimum atomic E-state index is -0.781. The Hall–Kier alpha value is -0.120. The third-order valence-corrected chi connectivity index (χ3v) is 3.77. The molecular formula is C11H23NO2. The fourth-order valence-corrected chi connectivity index (χ4v) is 2.63. The Labute approximate surface area is 86.6 Å². The van der Waals surface area contributed by atoms with Gasteiger partial charge in [-0.15, -0.1) is 0 Å². The number of rotatable bonds is 4. The van der Waals surface area contributed by atoms with Gasteiger partial charge in [-0.2, -0.15) is 0 Å². The number of methoxy groups -OCH3 is 1. The van der Waals surface area contributed by atoms with Gasteiger partial charge in [0.2, 0.25) is 0 Å². The van der Waals surface area contributed by atoms with Crippen molar-refractivity contribution in [2.75, 3.05) is 20.3 Å². The second kappa shape index (κ2) is 4.60. The first-order valence-corrected chi connectivity index (χ1v) is 5.49. The molecule has 3 heteroatoms. The molecule has 84 valence electrons. The number of hydrogen-bond donors (Lipinski definition) is 2. The molecule has 1 fully saturated rings. The van der Waals surface area contributed by atoms with Crippen molar-refractivity contribution >= 4 is 0 Å². The summed E-state index contributed by atoms with van der Waals surface area (Å²) in [6, 6.07) is 0. The first kappa shape index (κ1) is 12.0. The Bertz CT molecular complexity index is 174. The normalized spacial score (nSPS) is 25.7. The summed E-state index contributed by atoms with van der Waals surface area (Å²) in [4.78, 5) is 0. The average Bonchev–Trinajstić information content (AvgIpc) is 2.18. The van der Waals surface area contributed by atoms with Crippen LogP contribution in [0.25, 0.3) is 0 Å². The topological polar surface area (TPSA) is 55.5 Å². The molecule has 1 aliphatic carbocycles. The van der Waals surface area contributed by atoms with Gasteiger partial charge in [-0.05, 0) is 19.8 Å². The van der Waals surface area contributed by atoms with Crippen LogP contribution in [0.1, 0.15) is 39.0 Å². The lowest BCUT2D eigenvalue weighted by atomic mass is 9.64. The lowest BCUT2D eigenvalue weighted by molar-refractivity contribution is -0.123. The molecule has 14 heavy (non-hydrogen) atoms. The molecule has 0 heterocycles. The molecule has 3 N–H and O–H groups in total. The van der Waals surface area contributed by atoms with E-state index in [1.807, 2.05) is 6.92 Å². The first-order chi connectivity index (χ1) is 6.58. The van der Waals surface area contributed by atoms with Crippen molar-refractivity contribution in [3.63, 3.8) is 0 Å². The first-order valence-electron chi connectivity index (χ1n) is 5.49. The number of aliphatic hydroxyl groups is 1. The highest BCUT2D eigenvalue weighted by molar-refractivity contribution is 4.98. The van der Waals surface area contributed by atoms with Gasteiger partial charge in [-0.1, -0.05) is 19.3 Å². The van der Waals surface area contributed by atoms with Gasteiger partial charge in [0.05, 0.1) is 12.2 Å². The standard InChI is InChI=1S/C11H23NO2/c1-10(13,9-14-2)11(8-12)6-4-3-5-7-11/h13H,3-9,12H2,1-2H3. The summed E-state index contributed by atoms with van der Waals surface area (Å²) >= 11 is 0. The van der Waals surface area contributed by atoms with Crippen molar-refractivity contribution in [2.24, 2.45) is 11.1 Å². The highest BCUT2D eigenvalue weighted by Gasteiger charge is 2.46. The van der Waals surface area contributed by atoms with Crippen LogP contribution in [-0.4, -0.2) is 31.0 Å². The van der Waals surface area contributed by atoms with Gasteiger partial charge < -0.3 is 15.6 Å². The van der Waals surface area contributed by atoms with Gasteiger partial charge in [0.25, 0.3) is 0 Å². The second-order valence-electron chi connectivity index (χ2n) is 4.75. The molecule has 0 radical (unpaired) electrons. The Kier molecular flexibility index (Phi) is 3.93. The lowest BCUT2D eigenvalue weighted by Crippen LogP contribution is -2.54. The van der Waals surface area contributed by atoms with E-state index in [1.54, 1.807) is 7.11 Å². The zero-order valence-corrected chi connectivity index (χ0v) is 9.38. The molecule has 1 unspecified atom stereocenters. The summed E-state index contributed by atoms with van der Waals surface area (Å²) in [5, 5.41) is 10.4. The minimum Gasteiger partial charge on any atom is -0.387 e. The molecule has 0 amide bonds. The van der Waals surface area contributed by atoms with Gasteiger partial charge in [-0.3, -0.25) is 0 Å². The molecule has 1 atom stereocenters. The van der Waals surface area contributed by atoms with E-state index in [4.69, 9.17) is 10.5 Å². The van der Waals surface area contributed by atoms with Crippen LogP contribution in [0.5, 0.6) is 0 Å². The molecule has 0 aromatic rings. The van der Waals surface area contributed by atoms with Crippen molar-refractivity contribution in [2.45, 2.75) is 44.6 Å². The van der Waals surface area contributed by atoms with E-state index in [0.717, 1.165) is 12.8 Å². The molecule has 0 aromatic heterocycles. The van der Waals surface area contributed by atoms with Crippen LogP contribution < -0.4 is 5.73 Å². The van der Waals surface area contributed by atoms with Crippen molar-refractivity contribution in [1.82, 2.24) is 0 Å². The van der Waals surface area contributed by atoms with Gasteiger partial charge >= 0.3 is 0 Å². The quantitative estimate of drug-likeness (QED) is 0.720. The Morgan fingerprint density at radius 3 is 2.36 bits per heavy atom. The van der Waals surface area contributed by atoms with E-state index in [1.165, 1.54) is 19.3 Å². The molecule has 0 saturated heterocycles. The Morgan fingerprint density at radius 2 is 1.93 bits per heavy atom. The van der Waals surface area contributed by atoms with Crippen LogP contribution in [0.4, 0.5) is 0 Å². The molecule has 3 nitrogen and oxygen atoms in total. The van der Waals surface area contributed by atoms with E-state index in [9.17, 15) is 5.11 Å². The summed E-state index contributed by atoms with van der Waals surface area (Å²) in [5.74, 6) is 0. The largest absolute Gasteiger partial charge is 0.387 e. The number of ether oxygens (including phenoxy) is 1. The molecule has 0 aromatic carbocycles. The van der Waals surface area contributed by atoms with E-state index < -0.39 is 5.60 Å². The maximum absolute atomic E-state index is 10.4. The SMILES string of the molecule is COCC(C)(O)C1(CN)CCCCC1. The lowest BCUT2D eigenvalue weighted by Gasteiger charge is -2.47. The van der Waals surface area contributed by atoms with Gasteiger partial charge in [0, 0.05) is 19.1 Å². The van der Waals surface area contributed by atoms with Crippen LogP contribution in [0.15, 0.2) is 0 Å². The van der Waals surface area contributed by atoms with Crippen LogP contribution in [0.2, 0.25) is 0 Å². The van der Waals surface area contributed by atoms with Gasteiger partial charge in [0.15, 0.2) is 0 Å². The maximum Gasteiger partial charge on any atom is 0.0919 e. The van der Waals surface area contributed by atoms with E-state index in [2.05, 4.69) is 0 Å². The predicted molar refractivity (Wildman–Crippen MR) is 57.1 cm³/mol. The summed E-state index contributed by atoms with van der Waals surface area (Å²) in [6.07, 6.45) is 5.68. The highest BCUT2D eigenvalue weighted by atomic mass is 16.5. The molecule has 0 bridgehead atoms. The maximum atomic E-state index is 10.4. The van der Waals surface area contributed by atoms with Crippen molar-refractivity contribution < 1.29 is 9.84 Å². The molecule has 0 spiro atoms. The number of nitrogens with two attached hydrogens (primary N) is 1. The second-order valence-corrected chi connectivity index (χ2v) is 4.75. The smallest absolute Gasteiger partial charge is 0.0919 e. The fourth-order valence-electron chi connectivity index (χ4n) is 2.63. The van der Waals surface area contributed by atoms with Gasteiger partial charge in [0.1, 0.15) is 0 Å². The summed E-state index contributed by atoms with van der Waals surface area (Å²) in [5.41, 5.74) is 4.93. The van der Waals surface area contributed by atoms with Crippen LogP contribution in [0, 0.1) is 5.41 Å². The third kappa shape index (κ3) is 2.10. The molecular weight excluding hydrogens is 178 g/mol. The van der Waals surface area contributed by atoms with Crippen molar-refractivity contribution in [3.8, 4) is 0 Å². The van der Waals surface area contributed by atoms with E-state index in [0.29, 0.717) is 13.2 Å². The molecule has 1 rings (SSSR count). The fraction of sp³-hybridized carbons (Fsp3) is 1.00. The highest BCUT2D eigenvalue weighted by Crippen LogP contribution is 2.44. The zero-order valence-electron chi connectivity index (χ0n) is 9.38. The van der Waals surface area contributed by atoms with Crippen LogP contribution in [0.3, 0.4) is 0 Å². The van der Waals surface area contributed by atoms with Gasteiger partial charge in [-0.25, -0.2) is 0 Å². The summed E-state index contributed by atoms with van der Waals surface area (Å²) in [6.45, 7) is 2.79. The monoisotopic (exact) mass is 201 g/mol. The van der Waals surface area contributed by atoms with Crippen LogP contribution >= 0.6 is 0 Å². The Morgan fingerprint density at radius 1 is 1.36 bits per heavy atom.